The Kier molecular flexibility index (Phi) is 7.32. The molecule has 2 aromatic carbocycles. The molecule has 0 heterocycles. The first kappa shape index (κ1) is 21.2. The zero-order valence-electron chi connectivity index (χ0n) is 16.5. The first-order valence-electron chi connectivity index (χ1n) is 9.26. The molecule has 0 fully saturated rings. The van der Waals surface area contributed by atoms with Gasteiger partial charge in [0.2, 0.25) is 17.7 Å². The summed E-state index contributed by atoms with van der Waals surface area (Å²) in [5, 5.41) is 8.35. The second kappa shape index (κ2) is 9.69. The minimum absolute atomic E-state index is 0.0999. The van der Waals surface area contributed by atoms with Gasteiger partial charge in [-0.05, 0) is 23.8 Å². The second-order valence-electron chi connectivity index (χ2n) is 7.60. The summed E-state index contributed by atoms with van der Waals surface area (Å²) < 4.78 is 0. The first-order valence-corrected chi connectivity index (χ1v) is 9.26. The van der Waals surface area contributed by atoms with E-state index in [1.165, 1.54) is 0 Å². The molecule has 0 saturated carbocycles. The highest BCUT2D eigenvalue weighted by molar-refractivity contribution is 5.96. The van der Waals surface area contributed by atoms with E-state index in [0.29, 0.717) is 11.4 Å². The zero-order valence-corrected chi connectivity index (χ0v) is 16.5. The average molecular weight is 381 g/mol. The van der Waals surface area contributed by atoms with E-state index in [-0.39, 0.29) is 37.1 Å². The van der Waals surface area contributed by atoms with Crippen LogP contribution in [-0.4, -0.2) is 24.3 Å². The number of carbonyl (C=O) groups is 3. The summed E-state index contributed by atoms with van der Waals surface area (Å²) in [5.74, 6) is -0.428. The Balaban J connectivity index is 1.77. The molecule has 2 aromatic rings. The molecule has 0 aliphatic carbocycles. The van der Waals surface area contributed by atoms with Crippen molar-refractivity contribution in [2.45, 2.75) is 33.6 Å². The lowest BCUT2D eigenvalue weighted by Gasteiger charge is -2.18. The molecule has 0 aliphatic heterocycles. The van der Waals surface area contributed by atoms with Gasteiger partial charge in [-0.2, -0.15) is 0 Å². The van der Waals surface area contributed by atoms with Crippen molar-refractivity contribution in [3.63, 3.8) is 0 Å². The summed E-state index contributed by atoms with van der Waals surface area (Å²) in [6.07, 6.45) is 0.455. The standard InChI is InChI=1S/C22H27N3O3/c1-22(2,3)21(28)25-18-11-7-10-17(15-18)24-19(26)12-13-23-20(27)14-16-8-5-4-6-9-16/h4-11,15H,12-14H2,1-3H3,(H,23,27)(H,24,26)(H,25,28). The Hall–Kier alpha value is -3.15. The second-order valence-corrected chi connectivity index (χ2v) is 7.60. The predicted octanol–water partition coefficient (Wildman–Crippen LogP) is 3.36. The van der Waals surface area contributed by atoms with Crippen LogP contribution in [0, 0.1) is 5.41 Å². The molecule has 0 saturated heterocycles. The molecule has 0 spiro atoms. The molecule has 6 heteroatoms. The van der Waals surface area contributed by atoms with Crippen molar-refractivity contribution < 1.29 is 14.4 Å². The van der Waals surface area contributed by atoms with E-state index in [9.17, 15) is 14.4 Å². The van der Waals surface area contributed by atoms with Crippen LogP contribution in [0.4, 0.5) is 11.4 Å². The monoisotopic (exact) mass is 381 g/mol. The maximum atomic E-state index is 12.1. The molecule has 2 rings (SSSR count). The highest BCUT2D eigenvalue weighted by Gasteiger charge is 2.21. The van der Waals surface area contributed by atoms with Gasteiger partial charge in [-0.15, -0.1) is 0 Å². The number of hydrogen-bond donors (Lipinski definition) is 3. The molecule has 0 aromatic heterocycles. The van der Waals surface area contributed by atoms with Gasteiger partial charge in [-0.3, -0.25) is 14.4 Å². The van der Waals surface area contributed by atoms with Crippen molar-refractivity contribution >= 4 is 29.1 Å². The van der Waals surface area contributed by atoms with Gasteiger partial charge in [0, 0.05) is 29.8 Å². The van der Waals surface area contributed by atoms with E-state index in [1.54, 1.807) is 24.3 Å². The smallest absolute Gasteiger partial charge is 0.229 e. The molecular formula is C22H27N3O3. The van der Waals surface area contributed by atoms with Crippen LogP contribution in [-0.2, 0) is 20.8 Å². The molecule has 0 aliphatic rings. The van der Waals surface area contributed by atoms with Crippen molar-refractivity contribution in [1.29, 1.82) is 0 Å². The van der Waals surface area contributed by atoms with Crippen LogP contribution < -0.4 is 16.0 Å². The van der Waals surface area contributed by atoms with E-state index < -0.39 is 5.41 Å². The summed E-state index contributed by atoms with van der Waals surface area (Å²) >= 11 is 0. The first-order chi connectivity index (χ1) is 13.2. The fraction of sp³-hybridized carbons (Fsp3) is 0.318. The Labute approximate surface area is 165 Å². The van der Waals surface area contributed by atoms with E-state index in [2.05, 4.69) is 16.0 Å². The van der Waals surface area contributed by atoms with Crippen LogP contribution >= 0.6 is 0 Å². The van der Waals surface area contributed by atoms with Crippen LogP contribution in [0.3, 0.4) is 0 Å². The minimum Gasteiger partial charge on any atom is -0.355 e. The maximum Gasteiger partial charge on any atom is 0.229 e. The third-order valence-corrected chi connectivity index (χ3v) is 3.97. The SMILES string of the molecule is CC(C)(C)C(=O)Nc1cccc(NC(=O)CCNC(=O)Cc2ccccc2)c1. The lowest BCUT2D eigenvalue weighted by Crippen LogP contribution is -2.29. The van der Waals surface area contributed by atoms with Crippen LogP contribution in [0.5, 0.6) is 0 Å². The third-order valence-electron chi connectivity index (χ3n) is 3.97. The molecule has 3 amide bonds. The van der Waals surface area contributed by atoms with Gasteiger partial charge in [0.05, 0.1) is 6.42 Å². The van der Waals surface area contributed by atoms with Crippen molar-refractivity contribution in [3.05, 3.63) is 60.2 Å². The highest BCUT2D eigenvalue weighted by atomic mass is 16.2. The van der Waals surface area contributed by atoms with Gasteiger partial charge in [0.15, 0.2) is 0 Å². The van der Waals surface area contributed by atoms with E-state index >= 15 is 0 Å². The van der Waals surface area contributed by atoms with Gasteiger partial charge in [0.25, 0.3) is 0 Å². The molecule has 28 heavy (non-hydrogen) atoms. The van der Waals surface area contributed by atoms with Crippen molar-refractivity contribution in [1.82, 2.24) is 5.32 Å². The van der Waals surface area contributed by atoms with Gasteiger partial charge >= 0.3 is 0 Å². The minimum atomic E-state index is -0.503. The van der Waals surface area contributed by atoms with E-state index in [0.717, 1.165) is 5.56 Å². The number of carbonyl (C=O) groups excluding carboxylic acids is 3. The van der Waals surface area contributed by atoms with Gasteiger partial charge < -0.3 is 16.0 Å². The predicted molar refractivity (Wildman–Crippen MR) is 111 cm³/mol. The Bertz CT molecular complexity index is 826. The topological polar surface area (TPSA) is 87.3 Å². The lowest BCUT2D eigenvalue weighted by atomic mass is 9.95. The molecule has 0 atom stereocenters. The molecule has 0 unspecified atom stereocenters. The maximum absolute atomic E-state index is 12.1. The van der Waals surface area contributed by atoms with Crippen molar-refractivity contribution in [2.24, 2.45) is 5.41 Å². The molecule has 6 nitrogen and oxygen atoms in total. The summed E-state index contributed by atoms with van der Waals surface area (Å²) in [7, 11) is 0. The third kappa shape index (κ3) is 7.23. The molecule has 3 N–H and O–H groups in total. The Morgan fingerprint density at radius 3 is 2.11 bits per heavy atom. The summed E-state index contributed by atoms with van der Waals surface area (Å²) in [6, 6.07) is 16.4. The van der Waals surface area contributed by atoms with Crippen LogP contribution in [0.25, 0.3) is 0 Å². The van der Waals surface area contributed by atoms with Gasteiger partial charge in [-0.1, -0.05) is 57.2 Å². The van der Waals surface area contributed by atoms with E-state index in [4.69, 9.17) is 0 Å². The number of benzene rings is 2. The lowest BCUT2D eigenvalue weighted by molar-refractivity contribution is -0.123. The van der Waals surface area contributed by atoms with Crippen LogP contribution in [0.1, 0.15) is 32.8 Å². The summed E-state index contributed by atoms with van der Waals surface area (Å²) in [5.41, 5.74) is 1.64. The van der Waals surface area contributed by atoms with E-state index in [1.807, 2.05) is 51.1 Å². The Morgan fingerprint density at radius 2 is 1.46 bits per heavy atom. The zero-order chi connectivity index (χ0) is 20.6. The van der Waals surface area contributed by atoms with Gasteiger partial charge in [-0.25, -0.2) is 0 Å². The highest BCUT2D eigenvalue weighted by Crippen LogP contribution is 2.20. The largest absolute Gasteiger partial charge is 0.355 e. The van der Waals surface area contributed by atoms with Crippen molar-refractivity contribution in [3.8, 4) is 0 Å². The number of anilines is 2. The fourth-order valence-electron chi connectivity index (χ4n) is 2.38. The normalized spacial score (nSPS) is 10.8. The number of nitrogens with one attached hydrogen (secondary N) is 3. The molecular weight excluding hydrogens is 354 g/mol. The molecule has 0 radical (unpaired) electrons. The molecule has 0 bridgehead atoms. The number of rotatable bonds is 7. The summed E-state index contributed by atoms with van der Waals surface area (Å²) in [4.78, 5) is 36.1. The number of amides is 3. The van der Waals surface area contributed by atoms with Gasteiger partial charge in [0.1, 0.15) is 0 Å². The van der Waals surface area contributed by atoms with Crippen LogP contribution in [0.15, 0.2) is 54.6 Å². The summed E-state index contributed by atoms with van der Waals surface area (Å²) in [6.45, 7) is 5.76. The Morgan fingerprint density at radius 1 is 0.821 bits per heavy atom. The quantitative estimate of drug-likeness (QED) is 0.687. The van der Waals surface area contributed by atoms with Crippen molar-refractivity contribution in [2.75, 3.05) is 17.2 Å². The number of hydrogen-bond acceptors (Lipinski definition) is 3. The fourth-order valence-corrected chi connectivity index (χ4v) is 2.38. The van der Waals surface area contributed by atoms with Crippen LogP contribution in [0.2, 0.25) is 0 Å². The average Bonchev–Trinajstić information content (AvgIpc) is 2.62. The molecule has 148 valence electrons.